The zero-order chi connectivity index (χ0) is 18.3. The van der Waals surface area contributed by atoms with E-state index in [0.29, 0.717) is 0 Å². The van der Waals surface area contributed by atoms with Gasteiger partial charge in [-0.3, -0.25) is 14.6 Å². The monoisotopic (exact) mass is 342 g/mol. The lowest BCUT2D eigenvalue weighted by Gasteiger charge is -2.24. The minimum Gasteiger partial charge on any atom is -0.396 e. The number of aliphatic hydroxyl groups excluding tert-OH is 4. The summed E-state index contributed by atoms with van der Waals surface area (Å²) in [6, 6.07) is 0. The second-order valence-electron chi connectivity index (χ2n) is 5.11. The van der Waals surface area contributed by atoms with Crippen molar-refractivity contribution < 1.29 is 30.0 Å². The van der Waals surface area contributed by atoms with E-state index in [1.165, 1.54) is 14.1 Å². The van der Waals surface area contributed by atoms with Gasteiger partial charge in [0.2, 0.25) is 0 Å². The Balaban J connectivity index is 2.93. The molecular weight excluding hydrogens is 320 g/mol. The molecular formula is C14H22N4O6. The average Bonchev–Trinajstić information content (AvgIpc) is 2.59. The van der Waals surface area contributed by atoms with Crippen molar-refractivity contribution in [2.75, 3.05) is 27.3 Å². The number of hydrogen-bond donors (Lipinski definition) is 4. The first kappa shape index (κ1) is 19.9. The van der Waals surface area contributed by atoms with E-state index in [-0.39, 0.29) is 37.4 Å². The smallest absolute Gasteiger partial charge is 0.275 e. The molecule has 0 saturated heterocycles. The van der Waals surface area contributed by atoms with Crippen LogP contribution in [0.3, 0.4) is 0 Å². The fraction of sp³-hybridized carbons (Fsp3) is 0.571. The topological polar surface area (TPSA) is 147 Å². The van der Waals surface area contributed by atoms with Crippen LogP contribution in [0.1, 0.15) is 33.8 Å². The third-order valence-corrected chi connectivity index (χ3v) is 3.38. The highest BCUT2D eigenvalue weighted by Crippen LogP contribution is 2.08. The molecule has 0 radical (unpaired) electrons. The van der Waals surface area contributed by atoms with Crippen molar-refractivity contribution in [3.8, 4) is 0 Å². The highest BCUT2D eigenvalue weighted by molar-refractivity contribution is 5.95. The zero-order valence-electron chi connectivity index (χ0n) is 13.5. The number of amides is 2. The molecule has 0 spiro atoms. The minimum atomic E-state index is -1.20. The molecule has 0 aromatic carbocycles. The Morgan fingerprint density at radius 1 is 0.958 bits per heavy atom. The zero-order valence-corrected chi connectivity index (χ0v) is 13.5. The predicted molar refractivity (Wildman–Crippen MR) is 81.6 cm³/mol. The van der Waals surface area contributed by atoms with E-state index in [1.807, 2.05) is 0 Å². The van der Waals surface area contributed by atoms with E-state index in [1.54, 1.807) is 0 Å². The van der Waals surface area contributed by atoms with E-state index in [4.69, 9.17) is 10.2 Å². The number of carbonyl (C=O) groups is 2. The molecule has 10 heteroatoms. The van der Waals surface area contributed by atoms with Crippen LogP contribution in [0.2, 0.25) is 0 Å². The fourth-order valence-corrected chi connectivity index (χ4v) is 1.82. The van der Waals surface area contributed by atoms with Crippen LogP contribution in [0.25, 0.3) is 0 Å². The van der Waals surface area contributed by atoms with Gasteiger partial charge in [-0.1, -0.05) is 0 Å². The largest absolute Gasteiger partial charge is 0.396 e. The molecule has 0 bridgehead atoms. The van der Waals surface area contributed by atoms with E-state index < -0.39 is 24.3 Å². The number of carbonyl (C=O) groups excluding carboxylic acids is 2. The quantitative estimate of drug-likeness (QED) is 0.397. The van der Waals surface area contributed by atoms with Gasteiger partial charge >= 0.3 is 0 Å². The van der Waals surface area contributed by atoms with Gasteiger partial charge in [-0.2, -0.15) is 0 Å². The summed E-state index contributed by atoms with van der Waals surface area (Å²) < 4.78 is 0. The van der Waals surface area contributed by atoms with E-state index >= 15 is 0 Å². The molecule has 1 rings (SSSR count). The maximum absolute atomic E-state index is 12.2. The molecule has 1 aromatic heterocycles. The first-order valence-corrected chi connectivity index (χ1v) is 7.27. The van der Waals surface area contributed by atoms with Crippen molar-refractivity contribution in [2.24, 2.45) is 0 Å². The summed E-state index contributed by atoms with van der Waals surface area (Å²) in [5.41, 5.74) is -0.323. The Hall–Kier alpha value is -2.14. The van der Waals surface area contributed by atoms with Crippen molar-refractivity contribution in [1.29, 1.82) is 0 Å². The van der Waals surface area contributed by atoms with Crippen LogP contribution in [-0.4, -0.2) is 91.8 Å². The number of rotatable bonds is 8. The Morgan fingerprint density at radius 2 is 1.33 bits per heavy atom. The summed E-state index contributed by atoms with van der Waals surface area (Å²) in [5, 5.41) is 37.0. The molecule has 2 atom stereocenters. The van der Waals surface area contributed by atoms with Crippen molar-refractivity contribution in [2.45, 2.75) is 25.3 Å². The second-order valence-corrected chi connectivity index (χ2v) is 5.11. The molecule has 1 heterocycles. The van der Waals surface area contributed by atoms with Crippen molar-refractivity contribution in [1.82, 2.24) is 19.8 Å². The van der Waals surface area contributed by atoms with Crippen molar-refractivity contribution >= 4 is 11.8 Å². The standard InChI is InChI=1S/C14H22N4O6/c1-17(11(21)3-5-19)13(23)9-7-15-8-10(16-9)14(24)18(2)12(22)4-6-20/h7-8,11-12,19-22H,3-6H2,1-2H3. The van der Waals surface area contributed by atoms with Gasteiger partial charge in [0.25, 0.3) is 11.8 Å². The van der Waals surface area contributed by atoms with Crippen LogP contribution in [0.4, 0.5) is 0 Å². The average molecular weight is 342 g/mol. The second kappa shape index (κ2) is 9.23. The van der Waals surface area contributed by atoms with Gasteiger partial charge in [0, 0.05) is 40.2 Å². The van der Waals surface area contributed by atoms with E-state index in [2.05, 4.69) is 9.97 Å². The fourth-order valence-electron chi connectivity index (χ4n) is 1.82. The van der Waals surface area contributed by atoms with Gasteiger partial charge in [0.15, 0.2) is 0 Å². The molecule has 10 nitrogen and oxygen atoms in total. The van der Waals surface area contributed by atoms with Crippen LogP contribution in [0.5, 0.6) is 0 Å². The number of hydrogen-bond acceptors (Lipinski definition) is 8. The first-order valence-electron chi connectivity index (χ1n) is 7.27. The Kier molecular flexibility index (Phi) is 7.65. The van der Waals surface area contributed by atoms with Crippen LogP contribution in [0.15, 0.2) is 12.4 Å². The molecule has 1 aromatic rings. The third kappa shape index (κ3) is 4.93. The van der Waals surface area contributed by atoms with Crippen LogP contribution in [0, 0.1) is 0 Å². The number of aliphatic hydroxyl groups is 4. The highest BCUT2D eigenvalue weighted by atomic mass is 16.3. The lowest BCUT2D eigenvalue weighted by Crippen LogP contribution is -2.39. The molecule has 0 fully saturated rings. The predicted octanol–water partition coefficient (Wildman–Crippen LogP) is -1.98. The van der Waals surface area contributed by atoms with Gasteiger partial charge in [-0.25, -0.2) is 4.98 Å². The molecule has 0 saturated carbocycles. The lowest BCUT2D eigenvalue weighted by atomic mass is 10.3. The first-order chi connectivity index (χ1) is 11.3. The third-order valence-electron chi connectivity index (χ3n) is 3.38. The van der Waals surface area contributed by atoms with Gasteiger partial charge in [0.05, 0.1) is 12.4 Å². The molecule has 2 unspecified atom stereocenters. The Labute approximate surface area is 139 Å². The van der Waals surface area contributed by atoms with Crippen LogP contribution >= 0.6 is 0 Å². The van der Waals surface area contributed by atoms with Crippen molar-refractivity contribution in [3.05, 3.63) is 23.8 Å². The van der Waals surface area contributed by atoms with Crippen molar-refractivity contribution in [3.63, 3.8) is 0 Å². The van der Waals surface area contributed by atoms with Gasteiger partial charge in [-0.05, 0) is 0 Å². The highest BCUT2D eigenvalue weighted by Gasteiger charge is 2.24. The van der Waals surface area contributed by atoms with Gasteiger partial charge in [0.1, 0.15) is 23.8 Å². The summed E-state index contributed by atoms with van der Waals surface area (Å²) in [7, 11) is 2.66. The molecule has 2 amide bonds. The molecule has 134 valence electrons. The Bertz CT molecular complexity index is 525. The maximum atomic E-state index is 12.2. The molecule has 0 aliphatic heterocycles. The minimum absolute atomic E-state index is 0.0234. The molecule has 0 aliphatic rings. The SMILES string of the molecule is CN(C(=O)c1cncc(C(=O)N(C)C(O)CCO)n1)C(O)CCO. The molecule has 4 N–H and O–H groups in total. The molecule has 24 heavy (non-hydrogen) atoms. The molecule has 0 aliphatic carbocycles. The number of nitrogens with zero attached hydrogens (tertiary/aromatic N) is 4. The van der Waals surface area contributed by atoms with Gasteiger partial charge < -0.3 is 30.2 Å². The normalized spacial score (nSPS) is 13.2. The van der Waals surface area contributed by atoms with E-state index in [0.717, 1.165) is 22.2 Å². The summed E-state index contributed by atoms with van der Waals surface area (Å²) in [4.78, 5) is 34.1. The summed E-state index contributed by atoms with van der Waals surface area (Å²) in [5.74, 6) is -1.34. The van der Waals surface area contributed by atoms with E-state index in [9.17, 15) is 19.8 Å². The maximum Gasteiger partial charge on any atom is 0.275 e. The van der Waals surface area contributed by atoms with Crippen LogP contribution in [-0.2, 0) is 0 Å². The Morgan fingerprint density at radius 3 is 1.67 bits per heavy atom. The summed E-state index contributed by atoms with van der Waals surface area (Å²) in [6.45, 7) is -0.590. The van der Waals surface area contributed by atoms with Gasteiger partial charge in [-0.15, -0.1) is 0 Å². The summed E-state index contributed by atoms with van der Waals surface area (Å²) in [6.07, 6.45) is -0.151. The lowest BCUT2D eigenvalue weighted by molar-refractivity contribution is 0.00722. The summed E-state index contributed by atoms with van der Waals surface area (Å²) >= 11 is 0. The number of aromatic nitrogens is 2. The van der Waals surface area contributed by atoms with Crippen LogP contribution < -0.4 is 0 Å².